The highest BCUT2D eigenvalue weighted by Gasteiger charge is 2.30. The number of hydrogen-bond acceptors (Lipinski definition) is 6. The number of aliphatic carboxylic acids is 1. The quantitative estimate of drug-likeness (QED) is 0.337. The molecule has 10 heteroatoms. The van der Waals surface area contributed by atoms with Crippen molar-refractivity contribution in [1.82, 2.24) is 4.72 Å². The molecule has 1 aromatic rings. The van der Waals surface area contributed by atoms with Crippen molar-refractivity contribution in [3.8, 4) is 0 Å². The molecule has 0 saturated heterocycles. The lowest BCUT2D eigenvalue weighted by Gasteiger charge is -2.14. The summed E-state index contributed by atoms with van der Waals surface area (Å²) in [6, 6.07) is 3.38. The van der Waals surface area contributed by atoms with E-state index in [1.165, 1.54) is 12.1 Å². The maximum Gasteiger partial charge on any atom is 0.321 e. The first kappa shape index (κ1) is 18.0. The van der Waals surface area contributed by atoms with Gasteiger partial charge in [-0.2, -0.15) is 4.72 Å². The lowest BCUT2D eigenvalue weighted by molar-refractivity contribution is -0.387. The van der Waals surface area contributed by atoms with Crippen LogP contribution in [0.3, 0.4) is 0 Å². The van der Waals surface area contributed by atoms with Crippen LogP contribution in [0.5, 0.6) is 0 Å². The Bertz CT molecular complexity index is 646. The van der Waals surface area contributed by atoms with Crippen LogP contribution in [0.25, 0.3) is 0 Å². The summed E-state index contributed by atoms with van der Waals surface area (Å²) < 4.78 is 26.4. The number of nitrogens with two attached hydrogens (primary N) is 1. The fourth-order valence-electron chi connectivity index (χ4n) is 1.81. The van der Waals surface area contributed by atoms with Gasteiger partial charge in [-0.25, -0.2) is 8.42 Å². The number of carbonyl (C=O) groups is 1. The zero-order chi connectivity index (χ0) is 16.8. The minimum atomic E-state index is -4.32. The van der Waals surface area contributed by atoms with Crippen molar-refractivity contribution in [3.63, 3.8) is 0 Å². The molecule has 0 aliphatic heterocycles. The highest BCUT2D eigenvalue weighted by molar-refractivity contribution is 7.89. The van der Waals surface area contributed by atoms with Crippen molar-refractivity contribution in [3.05, 3.63) is 34.4 Å². The average Bonchev–Trinajstić information content (AvgIpc) is 2.46. The Labute approximate surface area is 127 Å². The van der Waals surface area contributed by atoms with Crippen LogP contribution in [0, 0.1) is 10.1 Å². The first-order valence-electron chi connectivity index (χ1n) is 6.48. The van der Waals surface area contributed by atoms with Gasteiger partial charge in [-0.15, -0.1) is 0 Å². The molecule has 1 aromatic carbocycles. The number of hydrogen-bond donors (Lipinski definition) is 3. The van der Waals surface area contributed by atoms with Crippen molar-refractivity contribution < 1.29 is 23.2 Å². The molecular weight excluding hydrogens is 314 g/mol. The molecule has 0 bridgehead atoms. The normalized spacial score (nSPS) is 12.8. The zero-order valence-electron chi connectivity index (χ0n) is 11.6. The predicted octanol–water partition coefficient (Wildman–Crippen LogP) is 0.455. The second-order valence-electron chi connectivity index (χ2n) is 4.52. The Balaban J connectivity index is 3.03. The molecule has 122 valence electrons. The number of unbranched alkanes of at least 4 members (excludes halogenated alkanes) is 1. The molecule has 0 amide bonds. The maximum atomic E-state index is 12.2. The minimum absolute atomic E-state index is 0.0480. The van der Waals surface area contributed by atoms with Gasteiger partial charge in [0.05, 0.1) is 4.92 Å². The van der Waals surface area contributed by atoms with Crippen molar-refractivity contribution in [2.24, 2.45) is 5.73 Å². The molecule has 0 aliphatic carbocycles. The number of rotatable bonds is 9. The Hall–Kier alpha value is -2.04. The number of benzene rings is 1. The second kappa shape index (κ2) is 7.82. The van der Waals surface area contributed by atoms with Gasteiger partial charge < -0.3 is 10.8 Å². The fourth-order valence-corrected chi connectivity index (χ4v) is 3.21. The summed E-state index contributed by atoms with van der Waals surface area (Å²) in [6.45, 7) is 0.364. The van der Waals surface area contributed by atoms with E-state index in [0.717, 1.165) is 12.1 Å². The first-order valence-corrected chi connectivity index (χ1v) is 7.96. The lowest BCUT2D eigenvalue weighted by atomic mass is 10.1. The largest absolute Gasteiger partial charge is 0.480 e. The lowest BCUT2D eigenvalue weighted by Crippen LogP contribution is -2.40. The molecule has 0 spiro atoms. The summed E-state index contributed by atoms with van der Waals surface area (Å²) in [7, 11) is -4.32. The highest BCUT2D eigenvalue weighted by Crippen LogP contribution is 2.23. The molecule has 1 atom stereocenters. The number of sulfonamides is 1. The number of carboxylic acids is 1. The van der Waals surface area contributed by atoms with Crippen LogP contribution in [0.2, 0.25) is 0 Å². The van der Waals surface area contributed by atoms with E-state index in [2.05, 4.69) is 0 Å². The third-order valence-electron chi connectivity index (χ3n) is 2.89. The van der Waals surface area contributed by atoms with E-state index < -0.39 is 37.5 Å². The highest BCUT2D eigenvalue weighted by atomic mass is 32.2. The Morgan fingerprint density at radius 2 is 2.00 bits per heavy atom. The summed E-state index contributed by atoms with van der Waals surface area (Å²) in [5.41, 5.74) is 4.69. The fraction of sp³-hybridized carbons (Fsp3) is 0.417. The monoisotopic (exact) mass is 331 g/mol. The number of nitrogens with zero attached hydrogens (tertiary/aromatic N) is 1. The molecular formula is C12H17N3O6S. The zero-order valence-corrected chi connectivity index (χ0v) is 12.5. The summed E-state index contributed by atoms with van der Waals surface area (Å²) in [4.78, 5) is 20.6. The maximum absolute atomic E-state index is 12.2. The van der Waals surface area contributed by atoms with Crippen LogP contribution in [0.4, 0.5) is 5.69 Å². The van der Waals surface area contributed by atoms with Crippen molar-refractivity contribution in [2.75, 3.05) is 6.54 Å². The standard InChI is InChI=1S/C12H17N3O6S/c13-8-4-3-5-9(12(16)17)14-22(20,21)11-7-2-1-6-10(11)15(18)19/h1-2,6-7,9,14H,3-5,8,13H2,(H,16,17)/t9-/m0/s1. The molecule has 0 aliphatic rings. The van der Waals surface area contributed by atoms with Crippen LogP contribution < -0.4 is 10.5 Å². The van der Waals surface area contributed by atoms with Gasteiger partial charge in [-0.3, -0.25) is 14.9 Å². The van der Waals surface area contributed by atoms with E-state index in [9.17, 15) is 23.3 Å². The van der Waals surface area contributed by atoms with Gasteiger partial charge in [-0.05, 0) is 25.5 Å². The molecule has 0 unspecified atom stereocenters. The van der Waals surface area contributed by atoms with Gasteiger partial charge in [0.1, 0.15) is 6.04 Å². The van der Waals surface area contributed by atoms with E-state index in [1.54, 1.807) is 0 Å². The van der Waals surface area contributed by atoms with E-state index in [0.29, 0.717) is 19.4 Å². The molecule has 0 radical (unpaired) electrons. The molecule has 4 N–H and O–H groups in total. The smallest absolute Gasteiger partial charge is 0.321 e. The average molecular weight is 331 g/mol. The van der Waals surface area contributed by atoms with Gasteiger partial charge in [0, 0.05) is 6.07 Å². The van der Waals surface area contributed by atoms with Gasteiger partial charge in [-0.1, -0.05) is 18.6 Å². The summed E-state index contributed by atoms with van der Waals surface area (Å²) in [5.74, 6) is -1.35. The van der Waals surface area contributed by atoms with E-state index in [-0.39, 0.29) is 6.42 Å². The number of carboxylic acid groups (broad SMARTS) is 1. The molecule has 0 saturated carbocycles. The van der Waals surface area contributed by atoms with Crippen LogP contribution in [0.1, 0.15) is 19.3 Å². The van der Waals surface area contributed by atoms with Crippen molar-refractivity contribution in [2.45, 2.75) is 30.2 Å². The second-order valence-corrected chi connectivity index (χ2v) is 6.20. The van der Waals surface area contributed by atoms with Gasteiger partial charge in [0.25, 0.3) is 5.69 Å². The Morgan fingerprint density at radius 1 is 1.36 bits per heavy atom. The summed E-state index contributed by atoms with van der Waals surface area (Å²) in [5, 5.41) is 20.0. The minimum Gasteiger partial charge on any atom is -0.480 e. The molecule has 0 aromatic heterocycles. The van der Waals surface area contributed by atoms with E-state index in [4.69, 9.17) is 10.8 Å². The SMILES string of the molecule is NCCCC[C@H](NS(=O)(=O)c1ccccc1[N+](=O)[O-])C(=O)O. The Morgan fingerprint density at radius 3 is 2.55 bits per heavy atom. The van der Waals surface area contributed by atoms with Crippen LogP contribution in [-0.4, -0.2) is 37.0 Å². The van der Waals surface area contributed by atoms with Crippen LogP contribution in [0.15, 0.2) is 29.2 Å². The molecule has 1 rings (SSSR count). The van der Waals surface area contributed by atoms with Crippen molar-refractivity contribution in [1.29, 1.82) is 0 Å². The van der Waals surface area contributed by atoms with E-state index in [1.807, 2.05) is 4.72 Å². The van der Waals surface area contributed by atoms with Gasteiger partial charge >= 0.3 is 5.97 Å². The third-order valence-corrected chi connectivity index (χ3v) is 4.41. The number of nitro groups is 1. The number of para-hydroxylation sites is 1. The third kappa shape index (κ3) is 4.76. The van der Waals surface area contributed by atoms with Gasteiger partial charge in [0.15, 0.2) is 4.90 Å². The summed E-state index contributed by atoms with van der Waals surface area (Å²) in [6.07, 6.45) is 1.02. The molecule has 0 fully saturated rings. The van der Waals surface area contributed by atoms with Crippen LogP contribution >= 0.6 is 0 Å². The molecule has 22 heavy (non-hydrogen) atoms. The topological polar surface area (TPSA) is 153 Å². The van der Waals surface area contributed by atoms with Crippen molar-refractivity contribution >= 4 is 21.7 Å². The summed E-state index contributed by atoms with van der Waals surface area (Å²) >= 11 is 0. The predicted molar refractivity (Wildman–Crippen MR) is 77.7 cm³/mol. The number of nitro benzene ring substituents is 1. The Kier molecular flexibility index (Phi) is 6.40. The van der Waals surface area contributed by atoms with Gasteiger partial charge in [0.2, 0.25) is 10.0 Å². The molecule has 0 heterocycles. The number of nitrogens with one attached hydrogen (secondary N) is 1. The first-order chi connectivity index (χ1) is 10.3. The van der Waals surface area contributed by atoms with E-state index >= 15 is 0 Å². The van der Waals surface area contributed by atoms with Crippen LogP contribution in [-0.2, 0) is 14.8 Å². The molecule has 9 nitrogen and oxygen atoms in total.